The first-order valence-electron chi connectivity index (χ1n) is 12.6. The Hall–Kier alpha value is -3.83. The van der Waals surface area contributed by atoms with Gasteiger partial charge in [0.2, 0.25) is 5.91 Å². The number of carbonyl (C=O) groups is 3. The summed E-state index contributed by atoms with van der Waals surface area (Å²) in [7, 11) is 6.03. The fraction of sp³-hybridized carbons (Fsp3) is 0.464. The molecule has 1 aliphatic rings. The summed E-state index contributed by atoms with van der Waals surface area (Å²) in [6, 6.07) is 9.44. The molecule has 11 nitrogen and oxygen atoms in total. The lowest BCUT2D eigenvalue weighted by Crippen LogP contribution is -2.51. The Bertz CT molecular complexity index is 1110. The van der Waals surface area contributed by atoms with Crippen molar-refractivity contribution in [3.63, 3.8) is 0 Å². The lowest BCUT2D eigenvalue weighted by molar-refractivity contribution is -0.145. The molecule has 3 rings (SSSR count). The monoisotopic (exact) mass is 544 g/mol. The molecular formula is C28H36N2O9. The van der Waals surface area contributed by atoms with Gasteiger partial charge in [-0.15, -0.1) is 0 Å². The van der Waals surface area contributed by atoms with Crippen LogP contribution in [-0.4, -0.2) is 88.3 Å². The van der Waals surface area contributed by atoms with E-state index in [1.165, 1.54) is 7.11 Å². The Morgan fingerprint density at radius 3 is 2.23 bits per heavy atom. The van der Waals surface area contributed by atoms with Gasteiger partial charge in [-0.1, -0.05) is 24.3 Å². The summed E-state index contributed by atoms with van der Waals surface area (Å²) < 4.78 is 26.8. The van der Waals surface area contributed by atoms with E-state index in [0.29, 0.717) is 44.2 Å². The van der Waals surface area contributed by atoms with E-state index in [4.69, 9.17) is 23.7 Å². The van der Waals surface area contributed by atoms with E-state index in [1.807, 2.05) is 36.4 Å². The molecule has 1 unspecified atom stereocenters. The summed E-state index contributed by atoms with van der Waals surface area (Å²) in [5.74, 6) is 0.111. The Morgan fingerprint density at radius 1 is 1.00 bits per heavy atom. The standard InChI is InChI=1S/C28H36N2O9/c1-35-12-13-39-17-19-15-23(36-2)25(24(16-19)37-3)20-9-7-18(8-10-20)14-21(27(32)38-4)29-26(31)22-6-5-11-30(22)28(33)34/h7-10,15-16,21-22H,5-6,11-14,17H2,1-4H3,(H,29,31)(H,33,34)/t21?,22-/m0/s1. The molecule has 1 fully saturated rings. The average Bonchev–Trinajstić information content (AvgIpc) is 3.45. The van der Waals surface area contributed by atoms with E-state index in [2.05, 4.69) is 5.32 Å². The fourth-order valence-corrected chi connectivity index (χ4v) is 4.58. The first-order valence-corrected chi connectivity index (χ1v) is 12.6. The maximum absolute atomic E-state index is 12.8. The van der Waals surface area contributed by atoms with E-state index >= 15 is 0 Å². The number of ether oxygens (including phenoxy) is 5. The summed E-state index contributed by atoms with van der Waals surface area (Å²) in [4.78, 5) is 37.8. The Kier molecular flexibility index (Phi) is 10.9. The first kappa shape index (κ1) is 29.7. The highest BCUT2D eigenvalue weighted by Gasteiger charge is 2.36. The zero-order chi connectivity index (χ0) is 28.4. The third kappa shape index (κ3) is 7.61. The highest BCUT2D eigenvalue weighted by atomic mass is 16.5. The second-order valence-electron chi connectivity index (χ2n) is 9.04. The molecule has 0 radical (unpaired) electrons. The normalized spacial score (nSPS) is 15.5. The van der Waals surface area contributed by atoms with Gasteiger partial charge in [0.05, 0.1) is 46.7 Å². The lowest BCUT2D eigenvalue weighted by atomic mass is 9.98. The minimum absolute atomic E-state index is 0.171. The van der Waals surface area contributed by atoms with E-state index in [1.54, 1.807) is 21.3 Å². The predicted octanol–water partition coefficient (Wildman–Crippen LogP) is 2.88. The maximum Gasteiger partial charge on any atom is 0.407 e. The van der Waals surface area contributed by atoms with Gasteiger partial charge in [0, 0.05) is 20.1 Å². The van der Waals surface area contributed by atoms with Gasteiger partial charge in [-0.2, -0.15) is 0 Å². The lowest BCUT2D eigenvalue weighted by Gasteiger charge is -2.24. The largest absolute Gasteiger partial charge is 0.496 e. The molecule has 0 aliphatic carbocycles. The van der Waals surface area contributed by atoms with Crippen molar-refractivity contribution in [1.29, 1.82) is 0 Å². The zero-order valence-electron chi connectivity index (χ0n) is 22.7. The molecule has 212 valence electrons. The van der Waals surface area contributed by atoms with Gasteiger partial charge in [-0.3, -0.25) is 9.69 Å². The molecule has 2 atom stereocenters. The molecule has 1 saturated heterocycles. The molecule has 1 heterocycles. The number of carbonyl (C=O) groups excluding carboxylic acids is 2. The van der Waals surface area contributed by atoms with Gasteiger partial charge in [0.1, 0.15) is 23.6 Å². The average molecular weight is 545 g/mol. The number of hydrogen-bond acceptors (Lipinski definition) is 8. The van der Waals surface area contributed by atoms with Crippen molar-refractivity contribution in [3.05, 3.63) is 47.5 Å². The van der Waals surface area contributed by atoms with Crippen LogP contribution >= 0.6 is 0 Å². The van der Waals surface area contributed by atoms with Gasteiger partial charge in [-0.25, -0.2) is 9.59 Å². The maximum atomic E-state index is 12.8. The Labute approximate surface area is 227 Å². The number of carboxylic acid groups (broad SMARTS) is 1. The highest BCUT2D eigenvalue weighted by Crippen LogP contribution is 2.40. The third-order valence-electron chi connectivity index (χ3n) is 6.55. The molecule has 2 N–H and O–H groups in total. The number of amides is 2. The number of benzene rings is 2. The number of likely N-dealkylation sites (tertiary alicyclic amines) is 1. The van der Waals surface area contributed by atoms with Crippen molar-refractivity contribution >= 4 is 18.0 Å². The number of esters is 1. The summed E-state index contributed by atoms with van der Waals surface area (Å²) in [5.41, 5.74) is 3.26. The van der Waals surface area contributed by atoms with Crippen LogP contribution in [0.2, 0.25) is 0 Å². The molecule has 2 aromatic rings. The van der Waals surface area contributed by atoms with Crippen molar-refractivity contribution in [3.8, 4) is 22.6 Å². The van der Waals surface area contributed by atoms with Crippen LogP contribution in [0.1, 0.15) is 24.0 Å². The van der Waals surface area contributed by atoms with Gasteiger partial charge < -0.3 is 34.1 Å². The van der Waals surface area contributed by atoms with Crippen LogP contribution < -0.4 is 14.8 Å². The minimum atomic E-state index is -1.16. The number of nitrogens with one attached hydrogen (secondary N) is 1. The SMILES string of the molecule is COCCOCc1cc(OC)c(-c2ccc(CC(NC(=O)[C@@H]3CCCN3C(=O)O)C(=O)OC)cc2)c(OC)c1. The predicted molar refractivity (Wildman–Crippen MR) is 142 cm³/mol. The van der Waals surface area contributed by atoms with Crippen molar-refractivity contribution in [2.45, 2.75) is 38.0 Å². The number of rotatable bonds is 13. The number of methoxy groups -OCH3 is 4. The Morgan fingerprint density at radius 2 is 1.67 bits per heavy atom. The molecule has 1 aliphatic heterocycles. The molecule has 0 spiro atoms. The minimum Gasteiger partial charge on any atom is -0.496 e. The van der Waals surface area contributed by atoms with Gasteiger partial charge >= 0.3 is 12.1 Å². The molecule has 2 amide bonds. The van der Waals surface area contributed by atoms with Crippen LogP contribution in [-0.2, 0) is 36.8 Å². The van der Waals surface area contributed by atoms with Crippen LogP contribution in [0.5, 0.6) is 11.5 Å². The highest BCUT2D eigenvalue weighted by molar-refractivity contribution is 5.90. The number of nitrogens with zero attached hydrogens (tertiary/aromatic N) is 1. The summed E-state index contributed by atoms with van der Waals surface area (Å²) >= 11 is 0. The summed E-state index contributed by atoms with van der Waals surface area (Å²) in [6.45, 7) is 1.63. The third-order valence-corrected chi connectivity index (χ3v) is 6.55. The quantitative estimate of drug-likeness (QED) is 0.288. The second-order valence-corrected chi connectivity index (χ2v) is 9.04. The molecule has 11 heteroatoms. The van der Waals surface area contributed by atoms with Crippen LogP contribution in [0.25, 0.3) is 11.1 Å². The van der Waals surface area contributed by atoms with Gasteiger partial charge in [-0.05, 0) is 41.7 Å². The smallest absolute Gasteiger partial charge is 0.407 e. The van der Waals surface area contributed by atoms with Crippen LogP contribution in [0.15, 0.2) is 36.4 Å². The van der Waals surface area contributed by atoms with Crippen LogP contribution in [0, 0.1) is 0 Å². The van der Waals surface area contributed by atoms with E-state index in [9.17, 15) is 19.5 Å². The molecule has 0 bridgehead atoms. The summed E-state index contributed by atoms with van der Waals surface area (Å²) in [6.07, 6.45) is 0.00608. The molecule has 39 heavy (non-hydrogen) atoms. The molecule has 0 aromatic heterocycles. The van der Waals surface area contributed by atoms with E-state index in [0.717, 1.165) is 27.2 Å². The zero-order valence-corrected chi connectivity index (χ0v) is 22.7. The van der Waals surface area contributed by atoms with E-state index in [-0.39, 0.29) is 13.0 Å². The van der Waals surface area contributed by atoms with Crippen molar-refractivity contribution < 1.29 is 43.2 Å². The van der Waals surface area contributed by atoms with Crippen molar-refractivity contribution in [1.82, 2.24) is 10.2 Å². The summed E-state index contributed by atoms with van der Waals surface area (Å²) in [5, 5.41) is 12.0. The van der Waals surface area contributed by atoms with Gasteiger partial charge in [0.25, 0.3) is 0 Å². The van der Waals surface area contributed by atoms with Crippen molar-refractivity contribution in [2.24, 2.45) is 0 Å². The van der Waals surface area contributed by atoms with Crippen LogP contribution in [0.4, 0.5) is 4.79 Å². The van der Waals surface area contributed by atoms with Crippen molar-refractivity contribution in [2.75, 3.05) is 48.2 Å². The topological polar surface area (TPSA) is 133 Å². The first-order chi connectivity index (χ1) is 18.8. The fourth-order valence-electron chi connectivity index (χ4n) is 4.58. The van der Waals surface area contributed by atoms with Crippen LogP contribution in [0.3, 0.4) is 0 Å². The molecule has 2 aromatic carbocycles. The van der Waals surface area contributed by atoms with Gasteiger partial charge in [0.15, 0.2) is 0 Å². The molecular weight excluding hydrogens is 508 g/mol. The number of hydrogen-bond donors (Lipinski definition) is 2. The second kappa shape index (κ2) is 14.4. The Balaban J connectivity index is 1.77. The molecule has 0 saturated carbocycles. The van der Waals surface area contributed by atoms with E-state index < -0.39 is 30.1 Å².